The zero-order valence-electron chi connectivity index (χ0n) is 15.3. The van der Waals surface area contributed by atoms with Crippen molar-refractivity contribution in [1.29, 1.82) is 0 Å². The number of fused-ring (bicyclic) bond motifs is 1. The highest BCUT2D eigenvalue weighted by Crippen LogP contribution is 2.32. The van der Waals surface area contributed by atoms with Gasteiger partial charge in [0, 0.05) is 11.1 Å². The monoisotopic (exact) mass is 364 g/mol. The van der Waals surface area contributed by atoms with Crippen molar-refractivity contribution in [3.05, 3.63) is 96.1 Å². The predicted octanol–water partition coefficient (Wildman–Crippen LogP) is 6.59. The molecule has 136 valence electrons. The van der Waals surface area contributed by atoms with E-state index in [1.807, 2.05) is 97.1 Å². The lowest BCUT2D eigenvalue weighted by Gasteiger charge is -2.05. The molecule has 0 atom stereocenters. The molecule has 0 aromatic heterocycles. The van der Waals surface area contributed by atoms with Gasteiger partial charge in [0.05, 0.1) is 11.4 Å². The van der Waals surface area contributed by atoms with E-state index in [1.54, 1.807) is 0 Å². The summed E-state index contributed by atoms with van der Waals surface area (Å²) < 4.78 is 0. The average molecular weight is 364 g/mol. The lowest BCUT2D eigenvalue weighted by molar-refractivity contribution is 1.24. The molecule has 0 saturated heterocycles. The first kappa shape index (κ1) is 17.5. The van der Waals surface area contributed by atoms with E-state index in [-0.39, 0.29) is 0 Å². The molecular weight excluding hydrogens is 344 g/mol. The first-order chi connectivity index (χ1) is 13.7. The Hall–Kier alpha value is -3.92. The minimum absolute atomic E-state index is 0.622. The zero-order valence-corrected chi connectivity index (χ0v) is 15.3. The summed E-state index contributed by atoms with van der Waals surface area (Å²) in [7, 11) is 0. The number of nitrogens with two attached hydrogens (primary N) is 2. The molecule has 0 aliphatic carbocycles. The molecule has 0 aliphatic heterocycles. The van der Waals surface area contributed by atoms with Crippen molar-refractivity contribution in [3.8, 4) is 0 Å². The molecule has 0 fully saturated rings. The summed E-state index contributed by atoms with van der Waals surface area (Å²) in [6.07, 6.45) is 4.02. The Morgan fingerprint density at radius 1 is 0.679 bits per heavy atom. The molecule has 4 N–H and O–H groups in total. The Bertz CT molecular complexity index is 1180. The van der Waals surface area contributed by atoms with Gasteiger partial charge in [0.25, 0.3) is 0 Å². The van der Waals surface area contributed by atoms with E-state index in [9.17, 15) is 0 Å². The standard InChI is InChI=1S/C24H20N4/c25-22-16-20(14-12-19(22)11-10-17-6-2-1-3-7-17)27-28-23-15-13-18-8-4-5-9-21(18)24(23)26/h1-16H,25-26H2/b11-10+,28-27?. The summed E-state index contributed by atoms with van der Waals surface area (Å²) in [5.41, 5.74) is 17.1. The number of nitrogens with zero attached hydrogens (tertiary/aromatic N) is 2. The van der Waals surface area contributed by atoms with Crippen LogP contribution < -0.4 is 11.5 Å². The van der Waals surface area contributed by atoms with Crippen LogP contribution in [0.15, 0.2) is 95.2 Å². The summed E-state index contributed by atoms with van der Waals surface area (Å²) in [4.78, 5) is 0. The van der Waals surface area contributed by atoms with Crippen molar-refractivity contribution < 1.29 is 0 Å². The van der Waals surface area contributed by atoms with E-state index >= 15 is 0 Å². The third-order valence-electron chi connectivity index (χ3n) is 4.55. The highest BCUT2D eigenvalue weighted by molar-refractivity contribution is 5.98. The number of azo groups is 1. The van der Waals surface area contributed by atoms with Crippen molar-refractivity contribution in [2.75, 3.05) is 11.5 Å². The number of benzene rings is 4. The van der Waals surface area contributed by atoms with Crippen LogP contribution in [-0.4, -0.2) is 0 Å². The largest absolute Gasteiger partial charge is 0.398 e. The smallest absolute Gasteiger partial charge is 0.109 e. The summed E-state index contributed by atoms with van der Waals surface area (Å²) in [5, 5.41) is 10.7. The number of hydrogen-bond donors (Lipinski definition) is 2. The van der Waals surface area contributed by atoms with E-state index in [0.717, 1.165) is 21.9 Å². The minimum Gasteiger partial charge on any atom is -0.398 e. The van der Waals surface area contributed by atoms with Gasteiger partial charge in [-0.2, -0.15) is 5.11 Å². The van der Waals surface area contributed by atoms with Gasteiger partial charge in [0.1, 0.15) is 5.69 Å². The quantitative estimate of drug-likeness (QED) is 0.243. The third-order valence-corrected chi connectivity index (χ3v) is 4.55. The molecule has 4 aromatic carbocycles. The third kappa shape index (κ3) is 3.76. The number of nitrogen functional groups attached to an aromatic ring is 2. The summed E-state index contributed by atoms with van der Waals surface area (Å²) >= 11 is 0. The maximum atomic E-state index is 6.24. The Labute approximate surface area is 163 Å². The van der Waals surface area contributed by atoms with Crippen LogP contribution in [0.3, 0.4) is 0 Å². The number of rotatable bonds is 4. The molecule has 0 spiro atoms. The Morgan fingerprint density at radius 3 is 2.29 bits per heavy atom. The molecule has 0 bridgehead atoms. The number of anilines is 2. The number of hydrogen-bond acceptors (Lipinski definition) is 4. The van der Waals surface area contributed by atoms with Crippen LogP contribution in [0, 0.1) is 0 Å². The summed E-state index contributed by atoms with van der Waals surface area (Å²) in [5.74, 6) is 0. The fourth-order valence-corrected chi connectivity index (χ4v) is 3.01. The van der Waals surface area contributed by atoms with Gasteiger partial charge < -0.3 is 11.5 Å². The lowest BCUT2D eigenvalue weighted by Crippen LogP contribution is -1.88. The Morgan fingerprint density at radius 2 is 1.46 bits per heavy atom. The van der Waals surface area contributed by atoms with E-state index in [2.05, 4.69) is 10.2 Å². The fourth-order valence-electron chi connectivity index (χ4n) is 3.01. The molecule has 4 nitrogen and oxygen atoms in total. The van der Waals surface area contributed by atoms with E-state index in [4.69, 9.17) is 11.5 Å². The zero-order chi connectivity index (χ0) is 19.3. The second-order valence-corrected chi connectivity index (χ2v) is 6.48. The molecule has 0 saturated carbocycles. The van der Waals surface area contributed by atoms with Gasteiger partial charge in [-0.05, 0) is 34.7 Å². The maximum absolute atomic E-state index is 6.24. The van der Waals surface area contributed by atoms with Gasteiger partial charge in [-0.1, -0.05) is 78.9 Å². The highest BCUT2D eigenvalue weighted by atomic mass is 15.1. The predicted molar refractivity (Wildman–Crippen MR) is 119 cm³/mol. The van der Waals surface area contributed by atoms with Gasteiger partial charge in [-0.15, -0.1) is 5.11 Å². The summed E-state index contributed by atoms with van der Waals surface area (Å²) in [6.45, 7) is 0. The summed E-state index contributed by atoms with van der Waals surface area (Å²) in [6, 6.07) is 27.6. The molecule has 0 unspecified atom stereocenters. The second kappa shape index (κ2) is 7.76. The van der Waals surface area contributed by atoms with Gasteiger partial charge in [0.15, 0.2) is 0 Å². The Balaban J connectivity index is 1.56. The van der Waals surface area contributed by atoms with Crippen LogP contribution in [0.4, 0.5) is 22.7 Å². The first-order valence-electron chi connectivity index (χ1n) is 9.02. The van der Waals surface area contributed by atoms with Crippen LogP contribution >= 0.6 is 0 Å². The van der Waals surface area contributed by atoms with Crippen molar-refractivity contribution in [2.45, 2.75) is 0 Å². The normalized spacial score (nSPS) is 11.6. The van der Waals surface area contributed by atoms with Gasteiger partial charge in [-0.3, -0.25) is 0 Å². The van der Waals surface area contributed by atoms with Crippen LogP contribution in [0.5, 0.6) is 0 Å². The minimum atomic E-state index is 0.622. The fraction of sp³-hybridized carbons (Fsp3) is 0. The molecule has 0 amide bonds. The Kier molecular flexibility index (Phi) is 4.85. The van der Waals surface area contributed by atoms with Gasteiger partial charge in [-0.25, -0.2) is 0 Å². The molecule has 0 aliphatic rings. The molecule has 0 radical (unpaired) electrons. The van der Waals surface area contributed by atoms with E-state index < -0.39 is 0 Å². The molecule has 4 heteroatoms. The van der Waals surface area contributed by atoms with Gasteiger partial charge in [0.2, 0.25) is 0 Å². The highest BCUT2D eigenvalue weighted by Gasteiger charge is 2.04. The molecular formula is C24H20N4. The first-order valence-corrected chi connectivity index (χ1v) is 9.02. The SMILES string of the molecule is Nc1cc(N=Nc2ccc3ccccc3c2N)ccc1/C=C/c1ccccc1. The van der Waals surface area contributed by atoms with Crippen molar-refractivity contribution in [2.24, 2.45) is 10.2 Å². The van der Waals surface area contributed by atoms with Crippen LogP contribution in [0.1, 0.15) is 11.1 Å². The molecule has 4 aromatic rings. The average Bonchev–Trinajstić information content (AvgIpc) is 2.73. The van der Waals surface area contributed by atoms with E-state index in [0.29, 0.717) is 22.7 Å². The second-order valence-electron chi connectivity index (χ2n) is 6.48. The molecule has 0 heterocycles. The van der Waals surface area contributed by atoms with Crippen molar-refractivity contribution in [1.82, 2.24) is 0 Å². The van der Waals surface area contributed by atoms with Crippen LogP contribution in [0.25, 0.3) is 22.9 Å². The van der Waals surface area contributed by atoms with Crippen molar-refractivity contribution >= 4 is 45.7 Å². The van der Waals surface area contributed by atoms with Gasteiger partial charge >= 0.3 is 0 Å². The van der Waals surface area contributed by atoms with Crippen molar-refractivity contribution in [3.63, 3.8) is 0 Å². The van der Waals surface area contributed by atoms with Crippen LogP contribution in [-0.2, 0) is 0 Å². The lowest BCUT2D eigenvalue weighted by atomic mass is 10.1. The topological polar surface area (TPSA) is 76.8 Å². The molecule has 4 rings (SSSR count). The molecule has 28 heavy (non-hydrogen) atoms. The maximum Gasteiger partial charge on any atom is 0.109 e. The van der Waals surface area contributed by atoms with E-state index in [1.165, 1.54) is 0 Å². The van der Waals surface area contributed by atoms with Crippen LogP contribution in [0.2, 0.25) is 0 Å².